The third kappa shape index (κ3) is 4.40. The van der Waals surface area contributed by atoms with Crippen molar-refractivity contribution in [2.45, 2.75) is 46.7 Å². The normalized spacial score (nSPS) is 17.3. The summed E-state index contributed by atoms with van der Waals surface area (Å²) >= 11 is 5.96. The van der Waals surface area contributed by atoms with Gasteiger partial charge in [0.2, 0.25) is 0 Å². The first kappa shape index (κ1) is 25.0. The predicted octanol–water partition coefficient (Wildman–Crippen LogP) is 6.66. The minimum Gasteiger partial charge on any atom is -0.378 e. The molecule has 2 atom stereocenters. The molecule has 2 aromatic carbocycles. The molecule has 1 aliphatic rings. The van der Waals surface area contributed by atoms with Crippen LogP contribution >= 0.6 is 12.2 Å². The lowest BCUT2D eigenvalue weighted by Gasteiger charge is -2.29. The Bertz CT molecular complexity index is 1430. The van der Waals surface area contributed by atoms with E-state index in [1.807, 2.05) is 18.3 Å². The van der Waals surface area contributed by atoms with Crippen LogP contribution in [0.15, 0.2) is 66.9 Å². The third-order valence-corrected chi connectivity index (χ3v) is 7.70. The fourth-order valence-electron chi connectivity index (χ4n) is 5.82. The molecule has 2 aromatic heterocycles. The monoisotopic (exact) mass is 509 g/mol. The summed E-state index contributed by atoms with van der Waals surface area (Å²) in [5.41, 5.74) is 12.0. The Balaban J connectivity index is 1.69. The maximum Gasteiger partial charge on any atom is 0.174 e. The lowest BCUT2D eigenvalue weighted by molar-refractivity contribution is 0.565. The Morgan fingerprint density at radius 3 is 2.16 bits per heavy atom. The van der Waals surface area contributed by atoms with Gasteiger partial charge in [0.05, 0.1) is 23.5 Å². The number of hydrogen-bond acceptors (Lipinski definition) is 3. The van der Waals surface area contributed by atoms with Crippen molar-refractivity contribution >= 4 is 28.7 Å². The van der Waals surface area contributed by atoms with Crippen LogP contribution in [-0.4, -0.2) is 28.8 Å². The lowest BCUT2D eigenvalue weighted by Crippen LogP contribution is -2.29. The zero-order chi connectivity index (χ0) is 26.4. The van der Waals surface area contributed by atoms with Gasteiger partial charge in [-0.1, -0.05) is 23.8 Å². The van der Waals surface area contributed by atoms with Gasteiger partial charge in [0, 0.05) is 43.1 Å². The van der Waals surface area contributed by atoms with Crippen molar-refractivity contribution < 1.29 is 0 Å². The van der Waals surface area contributed by atoms with Crippen molar-refractivity contribution in [3.05, 3.63) is 106 Å². The number of aromatic nitrogens is 2. The van der Waals surface area contributed by atoms with Crippen LogP contribution in [0.5, 0.6) is 0 Å². The summed E-state index contributed by atoms with van der Waals surface area (Å²) < 4.78 is 2.41. The van der Waals surface area contributed by atoms with Crippen LogP contribution in [0, 0.1) is 34.6 Å². The predicted molar refractivity (Wildman–Crippen MR) is 158 cm³/mol. The molecule has 5 nitrogen and oxygen atoms in total. The van der Waals surface area contributed by atoms with Crippen molar-refractivity contribution in [2.24, 2.45) is 0 Å². The van der Waals surface area contributed by atoms with E-state index in [0.717, 1.165) is 17.1 Å². The molecule has 6 heteroatoms. The molecule has 2 unspecified atom stereocenters. The summed E-state index contributed by atoms with van der Waals surface area (Å²) in [6.45, 7) is 11.0. The smallest absolute Gasteiger partial charge is 0.174 e. The van der Waals surface area contributed by atoms with Crippen LogP contribution < -0.4 is 15.1 Å². The third-order valence-electron chi connectivity index (χ3n) is 7.39. The van der Waals surface area contributed by atoms with Crippen molar-refractivity contribution in [3.63, 3.8) is 0 Å². The molecule has 37 heavy (non-hydrogen) atoms. The van der Waals surface area contributed by atoms with Gasteiger partial charge in [0.1, 0.15) is 0 Å². The molecule has 5 rings (SSSR count). The van der Waals surface area contributed by atoms with Gasteiger partial charge in [-0.05, 0) is 106 Å². The molecule has 0 amide bonds. The molecule has 1 aliphatic heterocycles. The summed E-state index contributed by atoms with van der Waals surface area (Å²) in [6.07, 6.45) is 1.86. The van der Waals surface area contributed by atoms with Crippen LogP contribution in [0.25, 0.3) is 5.69 Å². The van der Waals surface area contributed by atoms with Crippen LogP contribution in [0.4, 0.5) is 11.4 Å². The van der Waals surface area contributed by atoms with E-state index in [4.69, 9.17) is 17.2 Å². The Morgan fingerprint density at radius 1 is 0.892 bits per heavy atom. The summed E-state index contributed by atoms with van der Waals surface area (Å²) in [4.78, 5) is 9.10. The second kappa shape index (κ2) is 9.67. The van der Waals surface area contributed by atoms with Crippen LogP contribution in [0.1, 0.15) is 51.4 Å². The zero-order valence-corrected chi connectivity index (χ0v) is 23.5. The highest BCUT2D eigenvalue weighted by atomic mass is 32.1. The Hall–Kier alpha value is -3.64. The fourth-order valence-corrected chi connectivity index (χ4v) is 6.16. The Morgan fingerprint density at radius 2 is 1.57 bits per heavy atom. The van der Waals surface area contributed by atoms with Gasteiger partial charge in [0.15, 0.2) is 5.11 Å². The van der Waals surface area contributed by atoms with Crippen LogP contribution in [-0.2, 0) is 0 Å². The van der Waals surface area contributed by atoms with Crippen molar-refractivity contribution in [2.75, 3.05) is 23.9 Å². The topological polar surface area (TPSA) is 36.3 Å². The van der Waals surface area contributed by atoms with Crippen molar-refractivity contribution in [1.82, 2.24) is 14.9 Å². The van der Waals surface area contributed by atoms with Crippen molar-refractivity contribution in [1.29, 1.82) is 0 Å². The highest BCUT2D eigenvalue weighted by Crippen LogP contribution is 2.44. The molecule has 0 spiro atoms. The van der Waals surface area contributed by atoms with Gasteiger partial charge in [0.25, 0.3) is 0 Å². The number of anilines is 2. The number of nitrogens with zero attached hydrogens (tertiary/aromatic N) is 4. The summed E-state index contributed by atoms with van der Waals surface area (Å²) in [5, 5.41) is 4.32. The number of rotatable bonds is 5. The molecule has 0 aliphatic carbocycles. The molecule has 0 radical (unpaired) electrons. The number of nitrogens with one attached hydrogen (secondary N) is 1. The lowest BCUT2D eigenvalue weighted by atomic mass is 9.96. The second-order valence-corrected chi connectivity index (χ2v) is 10.7. The molecular weight excluding hydrogens is 474 g/mol. The summed E-state index contributed by atoms with van der Waals surface area (Å²) in [6, 6.07) is 21.4. The SMILES string of the molecule is Cc1cc(C)c(-n2c(C)cc(C3C(c4ccccn4)NC(=S)N3c3ccc(N(C)C)cc3)c2C)c(C)c1. The standard InChI is InChI=1S/C31H35N5S/c1-19-16-20(2)29(21(3)17-19)35-22(4)18-26(23(35)5)30-28(27-10-8-9-15-32-27)33-31(37)36(30)25-13-11-24(12-14-25)34(6)7/h8-18,28,30H,1-7H3,(H,33,37). The Kier molecular flexibility index (Phi) is 6.54. The van der Waals surface area contributed by atoms with E-state index in [1.165, 1.54) is 39.3 Å². The number of aryl methyl sites for hydroxylation is 4. The number of hydrogen-bond donors (Lipinski definition) is 1. The van der Waals surface area contributed by atoms with Gasteiger partial charge in [-0.3, -0.25) is 4.98 Å². The van der Waals surface area contributed by atoms with Gasteiger partial charge >= 0.3 is 0 Å². The maximum atomic E-state index is 5.96. The van der Waals surface area contributed by atoms with E-state index >= 15 is 0 Å². The highest BCUT2D eigenvalue weighted by molar-refractivity contribution is 7.80. The van der Waals surface area contributed by atoms with E-state index in [0.29, 0.717) is 5.11 Å². The van der Waals surface area contributed by atoms with E-state index < -0.39 is 0 Å². The zero-order valence-electron chi connectivity index (χ0n) is 22.7. The summed E-state index contributed by atoms with van der Waals surface area (Å²) in [7, 11) is 4.11. The maximum absolute atomic E-state index is 5.96. The molecule has 3 heterocycles. The molecule has 1 saturated heterocycles. The van der Waals surface area contributed by atoms with Gasteiger partial charge < -0.3 is 19.7 Å². The average molecular weight is 510 g/mol. The number of thiocarbonyl (C=S) groups is 1. The molecule has 190 valence electrons. The first-order valence-electron chi connectivity index (χ1n) is 12.7. The largest absolute Gasteiger partial charge is 0.378 e. The summed E-state index contributed by atoms with van der Waals surface area (Å²) in [5.74, 6) is 0. The highest BCUT2D eigenvalue weighted by Gasteiger charge is 2.42. The number of pyridine rings is 1. The first-order chi connectivity index (χ1) is 17.7. The van der Waals surface area contributed by atoms with Crippen LogP contribution in [0.2, 0.25) is 0 Å². The second-order valence-electron chi connectivity index (χ2n) is 10.3. The van der Waals surface area contributed by atoms with Crippen LogP contribution in [0.3, 0.4) is 0 Å². The molecule has 0 saturated carbocycles. The molecule has 4 aromatic rings. The minimum absolute atomic E-state index is 0.0429. The Labute approximate surface area is 225 Å². The first-order valence-corrected chi connectivity index (χ1v) is 13.1. The van der Waals surface area contributed by atoms with Gasteiger partial charge in [-0.15, -0.1) is 0 Å². The fraction of sp³-hybridized carbons (Fsp3) is 0.290. The molecule has 1 fully saturated rings. The van der Waals surface area contributed by atoms with E-state index in [2.05, 4.69) is 117 Å². The van der Waals surface area contributed by atoms with Gasteiger partial charge in [-0.25, -0.2) is 0 Å². The molecular formula is C31H35N5S. The molecule has 0 bridgehead atoms. The van der Waals surface area contributed by atoms with Gasteiger partial charge in [-0.2, -0.15) is 0 Å². The van der Waals surface area contributed by atoms with E-state index in [9.17, 15) is 0 Å². The number of benzene rings is 2. The molecule has 1 N–H and O–H groups in total. The van der Waals surface area contributed by atoms with E-state index in [-0.39, 0.29) is 12.1 Å². The average Bonchev–Trinajstić information content (AvgIpc) is 3.35. The minimum atomic E-state index is -0.0728. The quantitative estimate of drug-likeness (QED) is 0.305. The van der Waals surface area contributed by atoms with E-state index in [1.54, 1.807) is 0 Å². The van der Waals surface area contributed by atoms with Crippen molar-refractivity contribution in [3.8, 4) is 5.69 Å².